The lowest BCUT2D eigenvalue weighted by atomic mass is 10.0. The Hall–Kier alpha value is -3.35. The number of rotatable bonds is 6. The van der Waals surface area contributed by atoms with Gasteiger partial charge in [-0.1, -0.05) is 13.0 Å². The lowest BCUT2D eigenvalue weighted by molar-refractivity contribution is -0.141. The number of aliphatic carboxylic acids is 1. The van der Waals surface area contributed by atoms with Crippen molar-refractivity contribution in [3.8, 4) is 11.5 Å². The molecule has 7 heteroatoms. The standard InChI is InChI=1S/C22H22N2O5/c1-4-15-16(7-5-13-11-14(28-2)6-8-17(13)29-3)23-19-9-10-22(21(26)27)12-18(22)24(19)20(15)25/h5-11,18H,4,12H2,1-3H3,(H,26,27)/b7-5+. The molecule has 2 heterocycles. The van der Waals surface area contributed by atoms with Crippen LogP contribution in [0.2, 0.25) is 0 Å². The number of benzene rings is 1. The fourth-order valence-electron chi connectivity index (χ4n) is 3.92. The van der Waals surface area contributed by atoms with Gasteiger partial charge >= 0.3 is 5.97 Å². The zero-order valence-corrected chi connectivity index (χ0v) is 16.5. The van der Waals surface area contributed by atoms with Crippen LogP contribution in [0, 0.1) is 5.41 Å². The molecule has 2 unspecified atom stereocenters. The highest BCUT2D eigenvalue weighted by atomic mass is 16.5. The first-order valence-corrected chi connectivity index (χ1v) is 9.43. The number of aromatic nitrogens is 2. The zero-order chi connectivity index (χ0) is 20.8. The Balaban J connectivity index is 1.78. The number of hydrogen-bond acceptors (Lipinski definition) is 5. The second-order valence-electron chi connectivity index (χ2n) is 7.20. The van der Waals surface area contributed by atoms with E-state index >= 15 is 0 Å². The second kappa shape index (κ2) is 6.92. The van der Waals surface area contributed by atoms with E-state index in [2.05, 4.69) is 4.98 Å². The molecule has 1 fully saturated rings. The molecule has 0 radical (unpaired) electrons. The Morgan fingerprint density at radius 3 is 2.79 bits per heavy atom. The number of carboxylic acids is 1. The van der Waals surface area contributed by atoms with Gasteiger partial charge in [0.15, 0.2) is 0 Å². The number of ether oxygens (including phenoxy) is 2. The molecule has 7 nitrogen and oxygen atoms in total. The highest BCUT2D eigenvalue weighted by Gasteiger charge is 2.62. The van der Waals surface area contributed by atoms with E-state index < -0.39 is 11.4 Å². The summed E-state index contributed by atoms with van der Waals surface area (Å²) >= 11 is 0. The largest absolute Gasteiger partial charge is 0.497 e. The number of nitrogens with zero attached hydrogens (tertiary/aromatic N) is 2. The van der Waals surface area contributed by atoms with Gasteiger partial charge in [0.1, 0.15) is 22.7 Å². The number of carbonyl (C=O) groups is 1. The summed E-state index contributed by atoms with van der Waals surface area (Å²) in [5.41, 5.74) is 0.799. The summed E-state index contributed by atoms with van der Waals surface area (Å²) in [6.45, 7) is 1.89. The first kappa shape index (κ1) is 19.0. The average Bonchev–Trinajstić information content (AvgIpc) is 3.48. The van der Waals surface area contributed by atoms with Gasteiger partial charge in [-0.05, 0) is 49.3 Å². The molecular formula is C22H22N2O5. The summed E-state index contributed by atoms with van der Waals surface area (Å²) < 4.78 is 12.2. The maximum Gasteiger partial charge on any atom is 0.315 e. The van der Waals surface area contributed by atoms with Crippen LogP contribution in [-0.2, 0) is 11.2 Å². The molecule has 0 saturated heterocycles. The smallest absolute Gasteiger partial charge is 0.315 e. The van der Waals surface area contributed by atoms with Crippen LogP contribution in [-0.4, -0.2) is 34.8 Å². The second-order valence-corrected chi connectivity index (χ2v) is 7.20. The fourth-order valence-corrected chi connectivity index (χ4v) is 3.92. The minimum atomic E-state index is -0.963. The van der Waals surface area contributed by atoms with Crippen molar-refractivity contribution in [2.45, 2.75) is 25.8 Å². The van der Waals surface area contributed by atoms with Gasteiger partial charge in [0.05, 0.1) is 26.0 Å². The van der Waals surface area contributed by atoms with Crippen LogP contribution < -0.4 is 15.0 Å². The maximum absolute atomic E-state index is 13.1. The fraction of sp³-hybridized carbons (Fsp3) is 0.318. The lowest BCUT2D eigenvalue weighted by Crippen LogP contribution is -2.32. The van der Waals surface area contributed by atoms with Crippen molar-refractivity contribution >= 4 is 24.2 Å². The van der Waals surface area contributed by atoms with Crippen LogP contribution in [0.3, 0.4) is 0 Å². The maximum atomic E-state index is 13.1. The molecule has 0 amide bonds. The molecule has 150 valence electrons. The predicted octanol–water partition coefficient (Wildman–Crippen LogP) is 3.04. The van der Waals surface area contributed by atoms with E-state index in [-0.39, 0.29) is 11.6 Å². The highest BCUT2D eigenvalue weighted by Crippen LogP contribution is 2.59. The van der Waals surface area contributed by atoms with Gasteiger partial charge in [-0.3, -0.25) is 14.2 Å². The Morgan fingerprint density at radius 1 is 1.34 bits per heavy atom. The van der Waals surface area contributed by atoms with Gasteiger partial charge in [0.25, 0.3) is 5.56 Å². The van der Waals surface area contributed by atoms with Crippen LogP contribution in [0.4, 0.5) is 0 Å². The first-order chi connectivity index (χ1) is 13.9. The van der Waals surface area contributed by atoms with E-state index in [1.807, 2.05) is 31.2 Å². The molecule has 1 aliphatic carbocycles. The minimum Gasteiger partial charge on any atom is -0.497 e. The van der Waals surface area contributed by atoms with Gasteiger partial charge in [-0.15, -0.1) is 0 Å². The number of carboxylic acid groups (broad SMARTS) is 1. The Labute approximate surface area is 167 Å². The molecule has 0 spiro atoms. The Kier molecular flexibility index (Phi) is 4.53. The van der Waals surface area contributed by atoms with Crippen LogP contribution in [0.1, 0.15) is 42.0 Å². The molecular weight excluding hydrogens is 372 g/mol. The van der Waals surface area contributed by atoms with Crippen LogP contribution in [0.5, 0.6) is 11.5 Å². The van der Waals surface area contributed by atoms with Crippen molar-refractivity contribution in [1.82, 2.24) is 9.55 Å². The summed E-state index contributed by atoms with van der Waals surface area (Å²) in [5.74, 6) is 0.965. The third-order valence-corrected chi connectivity index (χ3v) is 5.68. The average molecular weight is 394 g/mol. The van der Waals surface area contributed by atoms with Crippen molar-refractivity contribution in [3.63, 3.8) is 0 Å². The van der Waals surface area contributed by atoms with E-state index in [0.29, 0.717) is 41.4 Å². The molecule has 1 aromatic heterocycles. The van der Waals surface area contributed by atoms with Crippen molar-refractivity contribution < 1.29 is 19.4 Å². The number of fused-ring (bicyclic) bond motifs is 3. The molecule has 1 N–H and O–H groups in total. The molecule has 4 rings (SSSR count). The van der Waals surface area contributed by atoms with E-state index in [9.17, 15) is 14.7 Å². The molecule has 0 bridgehead atoms. The lowest BCUT2D eigenvalue weighted by Gasteiger charge is -2.19. The zero-order valence-electron chi connectivity index (χ0n) is 16.5. The van der Waals surface area contributed by atoms with Crippen molar-refractivity contribution in [2.75, 3.05) is 14.2 Å². The van der Waals surface area contributed by atoms with Crippen molar-refractivity contribution in [2.24, 2.45) is 5.41 Å². The molecule has 1 aromatic carbocycles. The Bertz CT molecular complexity index is 1110. The van der Waals surface area contributed by atoms with E-state index in [1.54, 1.807) is 32.4 Å². The molecule has 1 saturated carbocycles. The van der Waals surface area contributed by atoms with Gasteiger partial charge in [0, 0.05) is 11.1 Å². The van der Waals surface area contributed by atoms with Crippen LogP contribution >= 0.6 is 0 Å². The van der Waals surface area contributed by atoms with Crippen LogP contribution in [0.25, 0.3) is 18.2 Å². The molecule has 2 aliphatic rings. The summed E-state index contributed by atoms with van der Waals surface area (Å²) in [5, 5.41) is 9.52. The summed E-state index contributed by atoms with van der Waals surface area (Å²) in [6.07, 6.45) is 7.85. The van der Waals surface area contributed by atoms with E-state index in [1.165, 1.54) is 4.57 Å². The molecule has 1 aliphatic heterocycles. The van der Waals surface area contributed by atoms with Crippen molar-refractivity contribution in [3.05, 3.63) is 57.3 Å². The van der Waals surface area contributed by atoms with Gasteiger partial charge < -0.3 is 14.6 Å². The third-order valence-electron chi connectivity index (χ3n) is 5.68. The Morgan fingerprint density at radius 2 is 2.14 bits per heavy atom. The third kappa shape index (κ3) is 2.93. The SMILES string of the molecule is CCc1c(/C=C/c2cc(OC)ccc2OC)nc2n(c1=O)C1CC1(C(=O)O)C=C2. The minimum absolute atomic E-state index is 0.174. The summed E-state index contributed by atoms with van der Waals surface area (Å²) in [7, 11) is 3.19. The quantitative estimate of drug-likeness (QED) is 0.810. The number of hydrogen-bond donors (Lipinski definition) is 1. The first-order valence-electron chi connectivity index (χ1n) is 9.43. The molecule has 2 aromatic rings. The summed E-state index contributed by atoms with van der Waals surface area (Å²) in [4.78, 5) is 29.4. The van der Waals surface area contributed by atoms with Gasteiger partial charge in [-0.2, -0.15) is 0 Å². The van der Waals surface area contributed by atoms with Gasteiger partial charge in [0.2, 0.25) is 0 Å². The van der Waals surface area contributed by atoms with Gasteiger partial charge in [-0.25, -0.2) is 4.98 Å². The monoisotopic (exact) mass is 394 g/mol. The molecule has 29 heavy (non-hydrogen) atoms. The highest BCUT2D eigenvalue weighted by molar-refractivity contribution is 5.84. The number of methoxy groups -OCH3 is 2. The normalized spacial score (nSPS) is 21.6. The topological polar surface area (TPSA) is 90.7 Å². The summed E-state index contributed by atoms with van der Waals surface area (Å²) in [6, 6.07) is 5.11. The van der Waals surface area contributed by atoms with E-state index in [4.69, 9.17) is 9.47 Å². The van der Waals surface area contributed by atoms with Crippen LogP contribution in [0.15, 0.2) is 29.1 Å². The molecule has 2 atom stereocenters. The van der Waals surface area contributed by atoms with E-state index in [0.717, 1.165) is 5.56 Å². The van der Waals surface area contributed by atoms with Crippen molar-refractivity contribution in [1.29, 1.82) is 0 Å². The predicted molar refractivity (Wildman–Crippen MR) is 109 cm³/mol.